The summed E-state index contributed by atoms with van der Waals surface area (Å²) >= 11 is 5.14. The van der Waals surface area contributed by atoms with Crippen LogP contribution in [-0.4, -0.2) is 25.8 Å². The number of halogens is 1. The fourth-order valence-corrected chi connectivity index (χ4v) is 6.44. The van der Waals surface area contributed by atoms with Gasteiger partial charge in [-0.3, -0.25) is 4.79 Å². The molecule has 1 amide bonds. The lowest BCUT2D eigenvalue weighted by atomic mass is 9.72. The molecule has 1 aliphatic carbocycles. The van der Waals surface area contributed by atoms with Gasteiger partial charge in [-0.2, -0.15) is 5.26 Å². The molecule has 0 fully saturated rings. The van der Waals surface area contributed by atoms with E-state index in [2.05, 4.69) is 48.1 Å². The quantitative estimate of drug-likeness (QED) is 0.276. The van der Waals surface area contributed by atoms with Gasteiger partial charge in [0.25, 0.3) is 5.91 Å². The van der Waals surface area contributed by atoms with Crippen LogP contribution in [0.25, 0.3) is 0 Å². The first-order valence-corrected chi connectivity index (χ1v) is 14.6. The molecule has 0 saturated heterocycles. The number of fused-ring (bicyclic) bond motifs is 1. The number of ether oxygens (including phenoxy) is 2. The summed E-state index contributed by atoms with van der Waals surface area (Å²) in [4.78, 5) is 18.5. The minimum Gasteiger partial charge on any atom is -0.493 e. The lowest BCUT2D eigenvalue weighted by molar-refractivity contribution is -0.118. The van der Waals surface area contributed by atoms with E-state index in [9.17, 15) is 10.1 Å². The first kappa shape index (κ1) is 28.8. The Morgan fingerprint density at radius 3 is 2.69 bits per heavy atom. The Labute approximate surface area is 243 Å². The van der Waals surface area contributed by atoms with Crippen molar-refractivity contribution in [3.05, 3.63) is 67.5 Å². The fraction of sp³-hybridized carbons (Fsp3) is 0.387. The molecule has 0 aliphatic heterocycles. The second kappa shape index (κ2) is 11.9. The van der Waals surface area contributed by atoms with Crippen LogP contribution in [-0.2, 0) is 17.6 Å². The first-order valence-electron chi connectivity index (χ1n) is 13.0. The number of amides is 1. The third kappa shape index (κ3) is 6.54. The molecule has 0 saturated carbocycles. The number of hydrogen-bond acceptors (Lipinski definition) is 6. The molecule has 3 aromatic rings. The van der Waals surface area contributed by atoms with Crippen LogP contribution >= 0.6 is 27.3 Å². The highest BCUT2D eigenvalue weighted by atomic mass is 79.9. The summed E-state index contributed by atoms with van der Waals surface area (Å²) in [5.41, 5.74) is 5.76. The molecule has 8 heteroatoms. The fourth-order valence-electron chi connectivity index (χ4n) is 4.79. The van der Waals surface area contributed by atoms with Gasteiger partial charge in [0.15, 0.2) is 18.1 Å². The Morgan fingerprint density at radius 2 is 2.00 bits per heavy atom. The highest BCUT2D eigenvalue weighted by molar-refractivity contribution is 9.10. The summed E-state index contributed by atoms with van der Waals surface area (Å²) in [5, 5.41) is 13.5. The molecule has 1 aromatic heterocycles. The molecule has 0 radical (unpaired) electrons. The largest absolute Gasteiger partial charge is 0.493 e. The number of carbonyl (C=O) groups is 1. The van der Waals surface area contributed by atoms with E-state index in [1.807, 2.05) is 38.1 Å². The summed E-state index contributed by atoms with van der Waals surface area (Å²) in [7, 11) is 1.56. The summed E-state index contributed by atoms with van der Waals surface area (Å²) < 4.78 is 12.3. The van der Waals surface area contributed by atoms with E-state index >= 15 is 0 Å². The monoisotopic (exact) mass is 607 g/mol. The lowest BCUT2D eigenvalue weighted by Crippen LogP contribution is -2.26. The van der Waals surface area contributed by atoms with E-state index in [0.29, 0.717) is 23.0 Å². The van der Waals surface area contributed by atoms with Crippen molar-refractivity contribution in [2.45, 2.75) is 53.9 Å². The van der Waals surface area contributed by atoms with Crippen molar-refractivity contribution in [3.8, 4) is 17.6 Å². The number of hydrogen-bond donors (Lipinski definition) is 1. The standard InChI is InChI=1S/C31H34BrN3O3S/c1-18-19(2)25(11-10-24(18)32)35-29(36)17-38-26-12-7-20(13-27(26)37-6)16-34-30-23(15-33)22-9-8-21(31(3,4)5)14-28(22)39-30/h7,10-13,16,21H,8-9,14,17H2,1-6H3,(H,35,36)/t21-/m0/s1. The smallest absolute Gasteiger partial charge is 0.262 e. The number of nitrogens with zero attached hydrogens (tertiary/aromatic N) is 2. The number of thiophene rings is 1. The van der Waals surface area contributed by atoms with E-state index in [-0.39, 0.29) is 17.9 Å². The van der Waals surface area contributed by atoms with Crippen molar-refractivity contribution >= 4 is 50.1 Å². The van der Waals surface area contributed by atoms with Gasteiger partial charge in [0.2, 0.25) is 0 Å². The predicted molar refractivity (Wildman–Crippen MR) is 162 cm³/mol. The van der Waals surface area contributed by atoms with Crippen molar-refractivity contribution in [1.82, 2.24) is 0 Å². The van der Waals surface area contributed by atoms with Gasteiger partial charge in [0, 0.05) is 21.3 Å². The Kier molecular flexibility index (Phi) is 8.83. The second-order valence-electron chi connectivity index (χ2n) is 11.0. The lowest BCUT2D eigenvalue weighted by Gasteiger charge is -2.33. The third-order valence-electron chi connectivity index (χ3n) is 7.46. The molecular weight excluding hydrogens is 574 g/mol. The summed E-state index contributed by atoms with van der Waals surface area (Å²) in [5.74, 6) is 1.31. The Bertz CT molecular complexity index is 1460. The average Bonchev–Trinajstić information content (AvgIpc) is 3.27. The van der Waals surface area contributed by atoms with Crippen LogP contribution in [0.5, 0.6) is 11.5 Å². The molecule has 4 rings (SSSR count). The van der Waals surface area contributed by atoms with Crippen LogP contribution in [0.3, 0.4) is 0 Å². The SMILES string of the molecule is COc1cc(C=Nc2sc3c(c2C#N)CC[C@H](C(C)(C)C)C3)ccc1OCC(=O)Nc1ccc(Br)c(C)c1C. The van der Waals surface area contributed by atoms with Crippen LogP contribution in [0.15, 0.2) is 39.8 Å². The van der Waals surface area contributed by atoms with Gasteiger partial charge in [0.1, 0.15) is 11.1 Å². The Hall–Kier alpha value is -3.15. The summed E-state index contributed by atoms with van der Waals surface area (Å²) in [6.07, 6.45) is 4.78. The van der Waals surface area contributed by atoms with Gasteiger partial charge in [0.05, 0.1) is 12.7 Å². The molecule has 1 aliphatic rings. The number of anilines is 1. The zero-order chi connectivity index (χ0) is 28.3. The van der Waals surface area contributed by atoms with Crippen molar-refractivity contribution in [3.63, 3.8) is 0 Å². The molecule has 1 N–H and O–H groups in total. The molecule has 1 heterocycles. The Balaban J connectivity index is 1.45. The molecule has 39 heavy (non-hydrogen) atoms. The van der Waals surface area contributed by atoms with Crippen LogP contribution in [0.4, 0.5) is 10.7 Å². The topological polar surface area (TPSA) is 83.7 Å². The number of aliphatic imine (C=N–C) groups is 1. The summed E-state index contributed by atoms with van der Waals surface area (Å²) in [6.45, 7) is 10.7. The number of benzene rings is 2. The average molecular weight is 609 g/mol. The molecule has 2 aromatic carbocycles. The van der Waals surface area contributed by atoms with Crippen LogP contribution in [0, 0.1) is 36.5 Å². The van der Waals surface area contributed by atoms with Crippen molar-refractivity contribution in [1.29, 1.82) is 5.26 Å². The minimum atomic E-state index is -0.257. The van der Waals surface area contributed by atoms with E-state index in [4.69, 9.17) is 14.5 Å². The van der Waals surface area contributed by atoms with E-state index in [1.165, 1.54) is 10.4 Å². The highest BCUT2D eigenvalue weighted by Crippen LogP contribution is 2.45. The highest BCUT2D eigenvalue weighted by Gasteiger charge is 2.32. The van der Waals surface area contributed by atoms with Gasteiger partial charge in [-0.1, -0.05) is 36.7 Å². The van der Waals surface area contributed by atoms with Crippen molar-refractivity contribution < 1.29 is 14.3 Å². The number of methoxy groups -OCH3 is 1. The van der Waals surface area contributed by atoms with Gasteiger partial charge in [-0.15, -0.1) is 11.3 Å². The van der Waals surface area contributed by atoms with Gasteiger partial charge < -0.3 is 14.8 Å². The third-order valence-corrected chi connectivity index (χ3v) is 9.48. The number of nitriles is 1. The number of rotatable bonds is 7. The molecular formula is C31H34BrN3O3S. The zero-order valence-corrected chi connectivity index (χ0v) is 25.7. The van der Waals surface area contributed by atoms with E-state index < -0.39 is 0 Å². The van der Waals surface area contributed by atoms with Crippen LogP contribution < -0.4 is 14.8 Å². The summed E-state index contributed by atoms with van der Waals surface area (Å²) in [6, 6.07) is 11.6. The normalized spacial score (nSPS) is 15.1. The number of nitrogens with one attached hydrogen (secondary N) is 1. The van der Waals surface area contributed by atoms with E-state index in [0.717, 1.165) is 51.1 Å². The zero-order valence-electron chi connectivity index (χ0n) is 23.3. The molecule has 0 bridgehead atoms. The molecule has 0 spiro atoms. The maximum atomic E-state index is 12.5. The number of carbonyl (C=O) groups excluding carboxylic acids is 1. The van der Waals surface area contributed by atoms with Crippen molar-refractivity contribution in [2.75, 3.05) is 19.0 Å². The molecule has 0 unspecified atom stereocenters. The van der Waals surface area contributed by atoms with Gasteiger partial charge in [-0.25, -0.2) is 4.99 Å². The molecule has 6 nitrogen and oxygen atoms in total. The van der Waals surface area contributed by atoms with Gasteiger partial charge in [-0.05, 0) is 97.0 Å². The predicted octanol–water partition coefficient (Wildman–Crippen LogP) is 7.93. The second-order valence-corrected chi connectivity index (χ2v) is 12.9. The maximum absolute atomic E-state index is 12.5. The maximum Gasteiger partial charge on any atom is 0.262 e. The van der Waals surface area contributed by atoms with Crippen LogP contribution in [0.2, 0.25) is 0 Å². The van der Waals surface area contributed by atoms with E-state index in [1.54, 1.807) is 30.7 Å². The minimum absolute atomic E-state index is 0.153. The first-order chi connectivity index (χ1) is 18.5. The molecule has 1 atom stereocenters. The Morgan fingerprint density at radius 1 is 1.23 bits per heavy atom. The van der Waals surface area contributed by atoms with Crippen molar-refractivity contribution in [2.24, 2.45) is 16.3 Å². The molecule has 204 valence electrons. The van der Waals surface area contributed by atoms with Crippen LogP contribution in [0.1, 0.15) is 59.9 Å². The van der Waals surface area contributed by atoms with Gasteiger partial charge >= 0.3 is 0 Å².